The molecule has 0 fully saturated rings. The smallest absolute Gasteiger partial charge is 0.118 e. The molecule has 2 nitrogen and oxygen atoms in total. The van der Waals surface area contributed by atoms with Crippen LogP contribution in [-0.4, -0.2) is 7.11 Å². The van der Waals surface area contributed by atoms with E-state index < -0.39 is 0 Å². The summed E-state index contributed by atoms with van der Waals surface area (Å²) in [5.74, 6) is 0.847. The highest BCUT2D eigenvalue weighted by Gasteiger charge is 2.03. The lowest BCUT2D eigenvalue weighted by Crippen LogP contribution is -2.00. The zero-order chi connectivity index (χ0) is 13.0. The van der Waals surface area contributed by atoms with Crippen LogP contribution in [0.1, 0.15) is 5.56 Å². The number of ether oxygens (including phenoxy) is 1. The van der Waals surface area contributed by atoms with Crippen molar-refractivity contribution < 1.29 is 4.74 Å². The van der Waals surface area contributed by atoms with Crippen LogP contribution in [0.5, 0.6) is 5.75 Å². The van der Waals surface area contributed by atoms with Gasteiger partial charge in [0.2, 0.25) is 0 Å². The van der Waals surface area contributed by atoms with Crippen molar-refractivity contribution in [2.75, 3.05) is 12.4 Å². The molecule has 0 heterocycles. The highest BCUT2D eigenvalue weighted by Crippen LogP contribution is 2.29. The minimum absolute atomic E-state index is 0.549. The van der Waals surface area contributed by atoms with Gasteiger partial charge in [0, 0.05) is 6.54 Å². The van der Waals surface area contributed by atoms with E-state index in [-0.39, 0.29) is 0 Å². The Morgan fingerprint density at radius 3 is 2.44 bits per heavy atom. The number of hydrogen-bond donors (Lipinski definition) is 1. The van der Waals surface area contributed by atoms with Crippen molar-refractivity contribution in [3.63, 3.8) is 0 Å². The van der Waals surface area contributed by atoms with Crippen LogP contribution in [0.15, 0.2) is 42.5 Å². The first-order valence-electron chi connectivity index (χ1n) is 5.51. The standard InChI is InChI=1S/C14H13Cl2NO/c1-18-11-7-5-10(6-8-11)9-17-13-4-2-3-12(15)14(13)16/h2-8,17H,9H2,1H3. The predicted octanol–water partition coefficient (Wildman–Crippen LogP) is 4.61. The summed E-state index contributed by atoms with van der Waals surface area (Å²) in [5.41, 5.74) is 1.98. The van der Waals surface area contributed by atoms with E-state index in [0.717, 1.165) is 17.0 Å². The largest absolute Gasteiger partial charge is 0.497 e. The lowest BCUT2D eigenvalue weighted by molar-refractivity contribution is 0.414. The van der Waals surface area contributed by atoms with Gasteiger partial charge >= 0.3 is 0 Å². The molecule has 18 heavy (non-hydrogen) atoms. The summed E-state index contributed by atoms with van der Waals surface area (Å²) in [6.07, 6.45) is 0. The van der Waals surface area contributed by atoms with Crippen LogP contribution < -0.4 is 10.1 Å². The van der Waals surface area contributed by atoms with Gasteiger partial charge in [-0.05, 0) is 29.8 Å². The molecule has 2 rings (SSSR count). The fraction of sp³-hybridized carbons (Fsp3) is 0.143. The van der Waals surface area contributed by atoms with E-state index in [2.05, 4.69) is 5.32 Å². The van der Waals surface area contributed by atoms with Gasteiger partial charge in [0.15, 0.2) is 0 Å². The van der Waals surface area contributed by atoms with Gasteiger partial charge in [-0.3, -0.25) is 0 Å². The quantitative estimate of drug-likeness (QED) is 0.883. The molecule has 0 atom stereocenters. The Kier molecular flexibility index (Phi) is 4.34. The van der Waals surface area contributed by atoms with Crippen molar-refractivity contribution in [2.24, 2.45) is 0 Å². The van der Waals surface area contributed by atoms with Crippen LogP contribution in [0.25, 0.3) is 0 Å². The highest BCUT2D eigenvalue weighted by atomic mass is 35.5. The van der Waals surface area contributed by atoms with E-state index in [4.69, 9.17) is 27.9 Å². The summed E-state index contributed by atoms with van der Waals surface area (Å²) in [6, 6.07) is 13.4. The maximum Gasteiger partial charge on any atom is 0.118 e. The zero-order valence-corrected chi connectivity index (χ0v) is 11.4. The van der Waals surface area contributed by atoms with Crippen molar-refractivity contribution in [1.29, 1.82) is 0 Å². The van der Waals surface area contributed by atoms with Gasteiger partial charge in [-0.25, -0.2) is 0 Å². The molecule has 2 aromatic carbocycles. The molecule has 0 aliphatic heterocycles. The second-order valence-corrected chi connectivity index (χ2v) is 4.59. The summed E-state index contributed by atoms with van der Waals surface area (Å²) < 4.78 is 5.11. The molecule has 0 aromatic heterocycles. The molecule has 0 spiro atoms. The topological polar surface area (TPSA) is 21.3 Å². The zero-order valence-electron chi connectivity index (χ0n) is 9.91. The average molecular weight is 282 g/mol. The molecule has 1 N–H and O–H groups in total. The van der Waals surface area contributed by atoms with Gasteiger partial charge in [0.25, 0.3) is 0 Å². The number of anilines is 1. The van der Waals surface area contributed by atoms with Crippen molar-refractivity contribution in [2.45, 2.75) is 6.54 Å². The van der Waals surface area contributed by atoms with E-state index in [9.17, 15) is 0 Å². The maximum absolute atomic E-state index is 6.09. The Hall–Kier alpha value is -1.38. The normalized spacial score (nSPS) is 10.2. The van der Waals surface area contributed by atoms with E-state index in [0.29, 0.717) is 16.6 Å². The molecule has 0 aliphatic rings. The fourth-order valence-corrected chi connectivity index (χ4v) is 1.95. The fourth-order valence-electron chi connectivity index (χ4n) is 1.58. The van der Waals surface area contributed by atoms with Crippen LogP contribution >= 0.6 is 23.2 Å². The SMILES string of the molecule is COc1ccc(CNc2cccc(Cl)c2Cl)cc1. The molecular weight excluding hydrogens is 269 g/mol. The Bertz CT molecular complexity index is 526. The van der Waals surface area contributed by atoms with E-state index in [1.54, 1.807) is 13.2 Å². The van der Waals surface area contributed by atoms with Crippen molar-refractivity contribution in [3.8, 4) is 5.75 Å². The predicted molar refractivity (Wildman–Crippen MR) is 76.8 cm³/mol. The van der Waals surface area contributed by atoms with E-state index in [1.165, 1.54) is 0 Å². The minimum Gasteiger partial charge on any atom is -0.497 e. The third-order valence-corrected chi connectivity index (χ3v) is 3.41. The molecule has 4 heteroatoms. The van der Waals surface area contributed by atoms with Gasteiger partial charge in [0.1, 0.15) is 5.75 Å². The van der Waals surface area contributed by atoms with Crippen LogP contribution in [0.2, 0.25) is 10.0 Å². The average Bonchev–Trinajstić information content (AvgIpc) is 2.41. The molecule has 0 bridgehead atoms. The van der Waals surface area contributed by atoms with E-state index in [1.807, 2.05) is 36.4 Å². The maximum atomic E-state index is 6.09. The summed E-state index contributed by atoms with van der Waals surface area (Å²) in [4.78, 5) is 0. The van der Waals surface area contributed by atoms with Crippen molar-refractivity contribution in [1.82, 2.24) is 0 Å². The van der Waals surface area contributed by atoms with Gasteiger partial charge in [0.05, 0.1) is 22.8 Å². The first kappa shape index (κ1) is 13.1. The van der Waals surface area contributed by atoms with Crippen LogP contribution in [0, 0.1) is 0 Å². The van der Waals surface area contributed by atoms with Gasteiger partial charge in [-0.1, -0.05) is 41.4 Å². The molecular formula is C14H13Cl2NO. The lowest BCUT2D eigenvalue weighted by Gasteiger charge is -2.09. The Morgan fingerprint density at radius 2 is 1.78 bits per heavy atom. The Balaban J connectivity index is 2.04. The molecule has 0 aliphatic carbocycles. The van der Waals surface area contributed by atoms with Crippen molar-refractivity contribution in [3.05, 3.63) is 58.1 Å². The van der Waals surface area contributed by atoms with Gasteiger partial charge in [-0.15, -0.1) is 0 Å². The third-order valence-electron chi connectivity index (χ3n) is 2.59. The number of halogens is 2. The highest BCUT2D eigenvalue weighted by molar-refractivity contribution is 6.43. The molecule has 0 amide bonds. The van der Waals surface area contributed by atoms with Crippen molar-refractivity contribution >= 4 is 28.9 Å². The molecule has 0 radical (unpaired) electrons. The molecule has 0 saturated heterocycles. The second kappa shape index (κ2) is 5.98. The van der Waals surface area contributed by atoms with Crippen LogP contribution in [0.4, 0.5) is 5.69 Å². The van der Waals surface area contributed by atoms with Gasteiger partial charge in [-0.2, -0.15) is 0 Å². The first-order chi connectivity index (χ1) is 8.70. The lowest BCUT2D eigenvalue weighted by atomic mass is 10.2. The monoisotopic (exact) mass is 281 g/mol. The number of rotatable bonds is 4. The number of hydrogen-bond acceptors (Lipinski definition) is 2. The number of benzene rings is 2. The molecule has 2 aromatic rings. The summed E-state index contributed by atoms with van der Waals surface area (Å²) in [6.45, 7) is 0.685. The summed E-state index contributed by atoms with van der Waals surface area (Å²) in [5, 5.41) is 4.35. The van der Waals surface area contributed by atoms with Crippen LogP contribution in [-0.2, 0) is 6.54 Å². The number of nitrogens with one attached hydrogen (secondary N) is 1. The number of methoxy groups -OCH3 is 1. The van der Waals surface area contributed by atoms with E-state index >= 15 is 0 Å². The molecule has 94 valence electrons. The Morgan fingerprint density at radius 1 is 1.06 bits per heavy atom. The first-order valence-corrected chi connectivity index (χ1v) is 6.27. The summed E-state index contributed by atoms with van der Waals surface area (Å²) >= 11 is 12.0. The third kappa shape index (κ3) is 3.09. The minimum atomic E-state index is 0.549. The van der Waals surface area contributed by atoms with Crippen LogP contribution in [0.3, 0.4) is 0 Å². The second-order valence-electron chi connectivity index (χ2n) is 3.80. The van der Waals surface area contributed by atoms with Gasteiger partial charge < -0.3 is 10.1 Å². The Labute approximate surface area is 116 Å². The summed E-state index contributed by atoms with van der Waals surface area (Å²) in [7, 11) is 1.65. The molecule has 0 unspecified atom stereocenters. The molecule has 0 saturated carbocycles.